The highest BCUT2D eigenvalue weighted by Gasteiger charge is 2.51. The Labute approximate surface area is 125 Å². The Morgan fingerprint density at radius 2 is 1.81 bits per heavy atom. The molecule has 2 aliphatic rings. The van der Waals surface area contributed by atoms with Crippen molar-refractivity contribution in [3.05, 3.63) is 35.9 Å². The van der Waals surface area contributed by atoms with E-state index >= 15 is 0 Å². The van der Waals surface area contributed by atoms with Crippen molar-refractivity contribution >= 4 is 11.8 Å². The summed E-state index contributed by atoms with van der Waals surface area (Å²) in [5.74, 6) is 0. The first kappa shape index (κ1) is 14.1. The molecule has 2 fully saturated rings. The fraction of sp³-hybridized carbons (Fsp3) is 0.529. The van der Waals surface area contributed by atoms with Crippen LogP contribution < -0.4 is 0 Å². The second-order valence-corrected chi connectivity index (χ2v) is 6.53. The highest BCUT2D eigenvalue weighted by atomic mass is 16.6. The Balaban J connectivity index is 1.93. The van der Waals surface area contributed by atoms with Crippen LogP contribution >= 0.6 is 0 Å². The number of rotatable bonds is 2. The molecule has 3 rings (SSSR count). The number of ether oxygens (including phenoxy) is 1. The van der Waals surface area contributed by atoms with E-state index in [-0.39, 0.29) is 18.2 Å². The number of carbonyl (C=O) groups is 1. The molecule has 4 heteroatoms. The van der Waals surface area contributed by atoms with Gasteiger partial charge >= 0.3 is 6.09 Å². The van der Waals surface area contributed by atoms with E-state index in [0.717, 1.165) is 37.0 Å². The minimum Gasteiger partial charge on any atom is -0.441 e. The lowest BCUT2D eigenvalue weighted by Gasteiger charge is -2.36. The molecule has 1 aromatic carbocycles. The largest absolute Gasteiger partial charge is 0.441 e. The van der Waals surface area contributed by atoms with Gasteiger partial charge in [0.15, 0.2) is 0 Å². The zero-order valence-corrected chi connectivity index (χ0v) is 12.6. The molecule has 0 radical (unpaired) electrons. The molecule has 1 aliphatic heterocycles. The van der Waals surface area contributed by atoms with Crippen molar-refractivity contribution in [3.8, 4) is 0 Å². The van der Waals surface area contributed by atoms with Gasteiger partial charge < -0.3 is 10.1 Å². The number of nitrogens with one attached hydrogen (secondary N) is 1. The van der Waals surface area contributed by atoms with E-state index in [1.54, 1.807) is 0 Å². The molecule has 1 aliphatic carbocycles. The quantitative estimate of drug-likeness (QED) is 0.895. The van der Waals surface area contributed by atoms with E-state index in [9.17, 15) is 4.79 Å². The zero-order chi connectivity index (χ0) is 15.0. The average Bonchev–Trinajstić information content (AvgIpc) is 2.70. The first-order chi connectivity index (χ1) is 9.99. The van der Waals surface area contributed by atoms with E-state index in [2.05, 4.69) is 12.1 Å². The summed E-state index contributed by atoms with van der Waals surface area (Å²) < 4.78 is 5.64. The van der Waals surface area contributed by atoms with Gasteiger partial charge in [0.2, 0.25) is 0 Å². The van der Waals surface area contributed by atoms with Gasteiger partial charge in [0.05, 0.1) is 6.04 Å². The first-order valence-electron chi connectivity index (χ1n) is 7.61. The number of cyclic esters (lactones) is 1. The summed E-state index contributed by atoms with van der Waals surface area (Å²) in [5.41, 5.74) is 1.40. The van der Waals surface area contributed by atoms with Crippen molar-refractivity contribution in [2.24, 2.45) is 0 Å². The van der Waals surface area contributed by atoms with Gasteiger partial charge in [-0.2, -0.15) is 0 Å². The molecule has 1 aromatic rings. The summed E-state index contributed by atoms with van der Waals surface area (Å²) in [7, 11) is 0. The molecule has 1 heterocycles. The van der Waals surface area contributed by atoms with Crippen molar-refractivity contribution in [1.29, 1.82) is 5.41 Å². The smallest absolute Gasteiger partial charge is 0.411 e. The van der Waals surface area contributed by atoms with Crippen molar-refractivity contribution in [2.75, 3.05) is 0 Å². The van der Waals surface area contributed by atoms with Crippen LogP contribution in [0.1, 0.15) is 51.1 Å². The number of hydrogen-bond donors (Lipinski definition) is 1. The third-order valence-electron chi connectivity index (χ3n) is 4.57. The lowest BCUT2D eigenvalue weighted by atomic mass is 9.87. The predicted molar refractivity (Wildman–Crippen MR) is 81.6 cm³/mol. The maximum absolute atomic E-state index is 12.4. The molecule has 0 unspecified atom stereocenters. The predicted octanol–water partition coefficient (Wildman–Crippen LogP) is 3.92. The maximum Gasteiger partial charge on any atom is 0.411 e. The number of benzene rings is 1. The van der Waals surface area contributed by atoms with Gasteiger partial charge in [-0.05, 0) is 45.1 Å². The second-order valence-electron chi connectivity index (χ2n) is 6.53. The zero-order valence-electron chi connectivity index (χ0n) is 12.6. The summed E-state index contributed by atoms with van der Waals surface area (Å²) in [6.45, 7) is 3.96. The molecule has 1 N–H and O–H groups in total. The second kappa shape index (κ2) is 5.17. The SMILES string of the molecule is CC1(C)OC(=O)N(C2CCC(=N)CC2)[C@H]1c1ccccc1. The molecule has 21 heavy (non-hydrogen) atoms. The van der Waals surface area contributed by atoms with Crippen LogP contribution in [0.2, 0.25) is 0 Å². The summed E-state index contributed by atoms with van der Waals surface area (Å²) in [4.78, 5) is 14.3. The summed E-state index contributed by atoms with van der Waals surface area (Å²) in [6, 6.07) is 10.2. The van der Waals surface area contributed by atoms with Crippen LogP contribution in [0, 0.1) is 5.41 Å². The fourth-order valence-electron chi connectivity index (χ4n) is 3.56. The Hall–Kier alpha value is -1.84. The lowest BCUT2D eigenvalue weighted by molar-refractivity contribution is 0.0667. The van der Waals surface area contributed by atoms with Crippen molar-refractivity contribution < 1.29 is 9.53 Å². The minimum atomic E-state index is -0.524. The molecule has 1 saturated heterocycles. The normalized spacial score (nSPS) is 28.6. The molecule has 0 spiro atoms. The van der Waals surface area contributed by atoms with Gasteiger partial charge in [0.1, 0.15) is 5.60 Å². The van der Waals surface area contributed by atoms with E-state index in [1.165, 1.54) is 0 Å². The van der Waals surface area contributed by atoms with E-state index in [4.69, 9.17) is 10.1 Å². The van der Waals surface area contributed by atoms with Crippen LogP contribution in [-0.2, 0) is 4.74 Å². The van der Waals surface area contributed by atoms with Crippen molar-refractivity contribution in [2.45, 2.75) is 57.2 Å². The van der Waals surface area contributed by atoms with Crippen LogP contribution in [0.4, 0.5) is 4.79 Å². The van der Waals surface area contributed by atoms with Crippen LogP contribution in [0.3, 0.4) is 0 Å². The molecule has 1 saturated carbocycles. The highest BCUT2D eigenvalue weighted by molar-refractivity contribution is 5.82. The third-order valence-corrected chi connectivity index (χ3v) is 4.57. The standard InChI is InChI=1S/C17H22N2O2/c1-17(2)15(12-6-4-3-5-7-12)19(16(20)21-17)14-10-8-13(18)9-11-14/h3-7,14-15,18H,8-11H2,1-2H3/t14?,15-/m0/s1. The van der Waals surface area contributed by atoms with E-state index in [1.807, 2.05) is 36.9 Å². The average molecular weight is 286 g/mol. The van der Waals surface area contributed by atoms with Crippen LogP contribution in [-0.4, -0.2) is 28.3 Å². The molecule has 112 valence electrons. The minimum absolute atomic E-state index is 0.0523. The molecule has 1 amide bonds. The monoisotopic (exact) mass is 286 g/mol. The topological polar surface area (TPSA) is 53.4 Å². The van der Waals surface area contributed by atoms with Gasteiger partial charge in [-0.1, -0.05) is 30.3 Å². The Bertz CT molecular complexity index is 543. The molecule has 1 atom stereocenters. The van der Waals surface area contributed by atoms with Crippen LogP contribution in [0.25, 0.3) is 0 Å². The Kier molecular flexibility index (Phi) is 3.47. The molecule has 0 aromatic heterocycles. The molecular formula is C17H22N2O2. The fourth-order valence-corrected chi connectivity index (χ4v) is 3.56. The summed E-state index contributed by atoms with van der Waals surface area (Å²) in [5, 5.41) is 7.76. The Morgan fingerprint density at radius 3 is 2.43 bits per heavy atom. The number of hydrogen-bond acceptors (Lipinski definition) is 3. The Morgan fingerprint density at radius 1 is 1.19 bits per heavy atom. The van der Waals surface area contributed by atoms with Gasteiger partial charge in [-0.25, -0.2) is 4.79 Å². The van der Waals surface area contributed by atoms with Crippen molar-refractivity contribution in [3.63, 3.8) is 0 Å². The van der Waals surface area contributed by atoms with Crippen LogP contribution in [0.15, 0.2) is 30.3 Å². The van der Waals surface area contributed by atoms with E-state index in [0.29, 0.717) is 0 Å². The number of amides is 1. The summed E-state index contributed by atoms with van der Waals surface area (Å²) >= 11 is 0. The molecule has 0 bridgehead atoms. The number of carbonyl (C=O) groups excluding carboxylic acids is 1. The molecule has 4 nitrogen and oxygen atoms in total. The highest BCUT2D eigenvalue weighted by Crippen LogP contribution is 2.44. The van der Waals surface area contributed by atoms with Crippen molar-refractivity contribution in [1.82, 2.24) is 4.90 Å². The third kappa shape index (κ3) is 2.55. The lowest BCUT2D eigenvalue weighted by Crippen LogP contribution is -2.42. The molecular weight excluding hydrogens is 264 g/mol. The summed E-state index contributed by atoms with van der Waals surface area (Å²) in [6.07, 6.45) is 3.10. The van der Waals surface area contributed by atoms with E-state index < -0.39 is 5.60 Å². The maximum atomic E-state index is 12.4. The van der Waals surface area contributed by atoms with Gasteiger partial charge in [-0.3, -0.25) is 4.90 Å². The van der Waals surface area contributed by atoms with Gasteiger partial charge in [0.25, 0.3) is 0 Å². The first-order valence-corrected chi connectivity index (χ1v) is 7.61. The van der Waals surface area contributed by atoms with Gasteiger partial charge in [0, 0.05) is 11.8 Å². The van der Waals surface area contributed by atoms with Gasteiger partial charge in [-0.15, -0.1) is 0 Å². The number of nitrogens with zero attached hydrogens (tertiary/aromatic N) is 1. The van der Waals surface area contributed by atoms with Crippen LogP contribution in [0.5, 0.6) is 0 Å².